The molecule has 0 bridgehead atoms. The molecule has 1 amide bonds. The van der Waals surface area contributed by atoms with E-state index in [1.165, 1.54) is 11.3 Å². The van der Waals surface area contributed by atoms with E-state index in [0.29, 0.717) is 18.0 Å². The van der Waals surface area contributed by atoms with Crippen molar-refractivity contribution in [3.05, 3.63) is 19.2 Å². The Morgan fingerprint density at radius 3 is 2.64 bits per heavy atom. The Labute approximate surface area is 104 Å². The van der Waals surface area contributed by atoms with Crippen LogP contribution in [0.25, 0.3) is 0 Å². The van der Waals surface area contributed by atoms with Crippen LogP contribution < -0.4 is 5.32 Å². The lowest BCUT2D eigenvalue weighted by Crippen LogP contribution is -2.27. The fourth-order valence-electron chi connectivity index (χ4n) is 0.887. The normalized spacial score (nSPS) is 10.6. The molecule has 0 atom stereocenters. The van der Waals surface area contributed by atoms with Crippen LogP contribution in [0.5, 0.6) is 0 Å². The summed E-state index contributed by atoms with van der Waals surface area (Å²) in [5.41, 5.74) is 0.697. The van der Waals surface area contributed by atoms with E-state index in [4.69, 9.17) is 0 Å². The van der Waals surface area contributed by atoms with Crippen LogP contribution in [0.3, 0.4) is 0 Å². The fraction of sp³-hybridized carbons (Fsp3) is 0.444. The highest BCUT2D eigenvalue weighted by atomic mass is 79.9. The first-order chi connectivity index (χ1) is 6.50. The van der Waals surface area contributed by atoms with Gasteiger partial charge in [0.2, 0.25) is 0 Å². The highest BCUT2D eigenvalue weighted by molar-refractivity contribution is 9.12. The van der Waals surface area contributed by atoms with Crippen molar-refractivity contribution in [2.24, 2.45) is 5.92 Å². The van der Waals surface area contributed by atoms with E-state index in [0.717, 1.165) is 7.57 Å². The fourth-order valence-corrected chi connectivity index (χ4v) is 3.68. The minimum atomic E-state index is -0.0208. The number of thiophene rings is 1. The number of hydrogen-bond acceptors (Lipinski definition) is 2. The van der Waals surface area contributed by atoms with E-state index < -0.39 is 0 Å². The maximum absolute atomic E-state index is 11.6. The molecular weight excluding hydrogens is 330 g/mol. The van der Waals surface area contributed by atoms with E-state index in [-0.39, 0.29) is 5.91 Å². The van der Waals surface area contributed by atoms with Gasteiger partial charge in [-0.1, -0.05) is 13.8 Å². The van der Waals surface area contributed by atoms with E-state index >= 15 is 0 Å². The van der Waals surface area contributed by atoms with Crippen LogP contribution >= 0.6 is 43.2 Å². The van der Waals surface area contributed by atoms with Crippen molar-refractivity contribution >= 4 is 49.1 Å². The Hall–Kier alpha value is 0.130. The van der Waals surface area contributed by atoms with Crippen molar-refractivity contribution in [1.82, 2.24) is 5.32 Å². The van der Waals surface area contributed by atoms with Gasteiger partial charge in [0.25, 0.3) is 5.91 Å². The molecular formula is C9H11Br2NOS. The van der Waals surface area contributed by atoms with E-state index in [1.807, 2.05) is 6.07 Å². The smallest absolute Gasteiger partial charge is 0.253 e. The topological polar surface area (TPSA) is 29.1 Å². The van der Waals surface area contributed by atoms with Gasteiger partial charge in [-0.2, -0.15) is 0 Å². The zero-order chi connectivity index (χ0) is 10.7. The Morgan fingerprint density at radius 1 is 1.57 bits per heavy atom. The molecule has 5 heteroatoms. The van der Waals surface area contributed by atoms with Crippen molar-refractivity contribution in [1.29, 1.82) is 0 Å². The number of rotatable bonds is 3. The summed E-state index contributed by atoms with van der Waals surface area (Å²) in [6.07, 6.45) is 0. The first-order valence-corrected chi connectivity index (χ1v) is 6.64. The molecule has 0 aromatic carbocycles. The van der Waals surface area contributed by atoms with Crippen LogP contribution in [-0.2, 0) is 0 Å². The molecule has 0 aliphatic heterocycles. The lowest BCUT2D eigenvalue weighted by molar-refractivity contribution is 0.0949. The molecule has 0 saturated heterocycles. The number of hydrogen-bond donors (Lipinski definition) is 1. The quantitative estimate of drug-likeness (QED) is 0.893. The molecule has 1 aromatic heterocycles. The largest absolute Gasteiger partial charge is 0.352 e. The number of amides is 1. The van der Waals surface area contributed by atoms with Crippen LogP contribution in [0.4, 0.5) is 0 Å². The predicted octanol–water partition coefficient (Wildman–Crippen LogP) is 3.66. The Morgan fingerprint density at radius 2 is 2.21 bits per heavy atom. The monoisotopic (exact) mass is 339 g/mol. The molecule has 0 fully saturated rings. The highest BCUT2D eigenvalue weighted by Crippen LogP contribution is 2.31. The van der Waals surface area contributed by atoms with Crippen molar-refractivity contribution in [2.75, 3.05) is 6.54 Å². The summed E-state index contributed by atoms with van der Waals surface area (Å²) >= 11 is 8.20. The molecule has 2 nitrogen and oxygen atoms in total. The average molecular weight is 341 g/mol. The number of halogens is 2. The maximum atomic E-state index is 11.6. The van der Waals surface area contributed by atoms with Gasteiger partial charge in [0, 0.05) is 6.54 Å². The van der Waals surface area contributed by atoms with Crippen LogP contribution in [0.1, 0.15) is 24.2 Å². The lowest BCUT2D eigenvalue weighted by atomic mass is 10.2. The van der Waals surface area contributed by atoms with Crippen LogP contribution in [0.15, 0.2) is 13.6 Å². The van der Waals surface area contributed by atoms with Gasteiger partial charge in [0.1, 0.15) is 0 Å². The summed E-state index contributed by atoms with van der Waals surface area (Å²) in [7, 11) is 0. The van der Waals surface area contributed by atoms with Gasteiger partial charge in [-0.25, -0.2) is 0 Å². The summed E-state index contributed by atoms with van der Waals surface area (Å²) in [4.78, 5) is 11.6. The van der Waals surface area contributed by atoms with Gasteiger partial charge in [-0.3, -0.25) is 4.79 Å². The molecule has 0 aliphatic rings. The maximum Gasteiger partial charge on any atom is 0.253 e. The van der Waals surface area contributed by atoms with Crippen molar-refractivity contribution in [3.8, 4) is 0 Å². The minimum Gasteiger partial charge on any atom is -0.352 e. The summed E-state index contributed by atoms with van der Waals surface area (Å²) in [5.74, 6) is 0.451. The molecule has 1 aromatic rings. The molecule has 14 heavy (non-hydrogen) atoms. The molecule has 0 radical (unpaired) electrons. The number of carbonyl (C=O) groups excluding carboxylic acids is 1. The number of carbonyl (C=O) groups is 1. The molecule has 1 N–H and O–H groups in total. The summed E-state index contributed by atoms with van der Waals surface area (Å²) in [6, 6.07) is 1.82. The third-order valence-electron chi connectivity index (χ3n) is 1.57. The summed E-state index contributed by atoms with van der Waals surface area (Å²) < 4.78 is 1.82. The van der Waals surface area contributed by atoms with Crippen LogP contribution in [-0.4, -0.2) is 12.5 Å². The van der Waals surface area contributed by atoms with Gasteiger partial charge < -0.3 is 5.32 Å². The molecule has 78 valence electrons. The Bertz CT molecular complexity index is 336. The van der Waals surface area contributed by atoms with Crippen LogP contribution in [0.2, 0.25) is 0 Å². The third-order valence-corrected chi connectivity index (χ3v) is 3.91. The minimum absolute atomic E-state index is 0.0208. The second-order valence-corrected chi connectivity index (χ2v) is 7.09. The first kappa shape index (κ1) is 12.2. The van der Waals surface area contributed by atoms with Gasteiger partial charge >= 0.3 is 0 Å². The van der Waals surface area contributed by atoms with Gasteiger partial charge in [-0.05, 0) is 43.8 Å². The Kier molecular flexibility index (Phi) is 4.60. The molecule has 1 heterocycles. The zero-order valence-electron chi connectivity index (χ0n) is 7.93. The van der Waals surface area contributed by atoms with E-state index in [1.54, 1.807) is 0 Å². The lowest BCUT2D eigenvalue weighted by Gasteiger charge is -2.06. The van der Waals surface area contributed by atoms with Crippen molar-refractivity contribution in [2.45, 2.75) is 13.8 Å². The molecule has 0 aliphatic carbocycles. The van der Waals surface area contributed by atoms with Gasteiger partial charge in [-0.15, -0.1) is 11.3 Å². The van der Waals surface area contributed by atoms with E-state index in [9.17, 15) is 4.79 Å². The highest BCUT2D eigenvalue weighted by Gasteiger charge is 2.13. The predicted molar refractivity (Wildman–Crippen MR) is 66.9 cm³/mol. The zero-order valence-corrected chi connectivity index (χ0v) is 11.9. The van der Waals surface area contributed by atoms with Gasteiger partial charge in [0.05, 0.1) is 13.1 Å². The second kappa shape index (κ2) is 5.28. The van der Waals surface area contributed by atoms with Gasteiger partial charge in [0.15, 0.2) is 0 Å². The van der Waals surface area contributed by atoms with E-state index in [2.05, 4.69) is 51.0 Å². The van der Waals surface area contributed by atoms with Crippen molar-refractivity contribution in [3.63, 3.8) is 0 Å². The van der Waals surface area contributed by atoms with Crippen molar-refractivity contribution < 1.29 is 4.79 Å². The third kappa shape index (κ3) is 3.37. The molecule has 0 spiro atoms. The average Bonchev–Trinajstić information content (AvgIpc) is 2.41. The number of nitrogens with one attached hydrogen (secondary N) is 1. The first-order valence-electron chi connectivity index (χ1n) is 4.23. The summed E-state index contributed by atoms with van der Waals surface area (Å²) in [5, 5.41) is 2.87. The van der Waals surface area contributed by atoms with Crippen LogP contribution in [0, 0.1) is 5.92 Å². The molecule has 0 saturated carbocycles. The second-order valence-electron chi connectivity index (χ2n) is 3.34. The standard InChI is InChI=1S/C9H11Br2NOS/c1-5(2)4-12-9(13)6-3-7(10)14-8(6)11/h3,5H,4H2,1-2H3,(H,12,13). The SMILES string of the molecule is CC(C)CNC(=O)c1cc(Br)sc1Br. The Balaban J connectivity index is 2.65. The molecule has 0 unspecified atom stereocenters. The summed E-state index contributed by atoms with van der Waals surface area (Å²) in [6.45, 7) is 4.84. The molecule has 1 rings (SSSR count).